The molecule has 66 valence electrons. The van der Waals surface area contributed by atoms with Crippen molar-refractivity contribution in [2.45, 2.75) is 39.0 Å². The molecule has 0 radical (unpaired) electrons. The Morgan fingerprint density at radius 3 is 2.64 bits per heavy atom. The molecule has 0 spiro atoms. The molecule has 0 nitrogen and oxygen atoms in total. The molecule has 0 saturated carbocycles. The highest BCUT2D eigenvalue weighted by Crippen LogP contribution is 2.16. The largest absolute Gasteiger partial charge is 0.126 e. The zero-order valence-electron chi connectivity index (χ0n) is 7.48. The lowest BCUT2D eigenvalue weighted by molar-refractivity contribution is 0.477. The fourth-order valence-electron chi connectivity index (χ4n) is 1.26. The number of hydrogen-bond acceptors (Lipinski definition) is 0. The van der Waals surface area contributed by atoms with Crippen LogP contribution in [0.5, 0.6) is 0 Å². The van der Waals surface area contributed by atoms with Crippen LogP contribution >= 0.6 is 11.6 Å². The molecule has 0 heterocycles. The lowest BCUT2D eigenvalue weighted by Crippen LogP contribution is -2.01. The van der Waals surface area contributed by atoms with Gasteiger partial charge in [0.25, 0.3) is 0 Å². The van der Waals surface area contributed by atoms with Crippen molar-refractivity contribution in [3.63, 3.8) is 0 Å². The molecule has 1 atom stereocenters. The van der Waals surface area contributed by atoms with Crippen LogP contribution in [0.1, 0.15) is 39.0 Å². The van der Waals surface area contributed by atoms with Crippen LogP contribution in [0.2, 0.25) is 0 Å². The Labute approximate surface area is 75.6 Å². The summed E-state index contributed by atoms with van der Waals surface area (Å²) < 4.78 is 0. The van der Waals surface area contributed by atoms with E-state index in [9.17, 15) is 0 Å². The standard InChI is InChI=1S/C10H19Cl/c1-3-5-6-8-10(9-11)7-4-2/h3,10H,1,4-9H2,2H3/t10-/m0/s1. The summed E-state index contributed by atoms with van der Waals surface area (Å²) in [6, 6.07) is 0. The van der Waals surface area contributed by atoms with Crippen LogP contribution < -0.4 is 0 Å². The van der Waals surface area contributed by atoms with Gasteiger partial charge in [-0.15, -0.1) is 18.2 Å². The van der Waals surface area contributed by atoms with Crippen molar-refractivity contribution in [1.82, 2.24) is 0 Å². The van der Waals surface area contributed by atoms with Gasteiger partial charge in [-0.1, -0.05) is 19.4 Å². The molecule has 0 fully saturated rings. The van der Waals surface area contributed by atoms with Gasteiger partial charge in [0.2, 0.25) is 0 Å². The van der Waals surface area contributed by atoms with Gasteiger partial charge in [0, 0.05) is 5.88 Å². The molecular formula is C10H19Cl. The van der Waals surface area contributed by atoms with Gasteiger partial charge in [0.05, 0.1) is 0 Å². The summed E-state index contributed by atoms with van der Waals surface area (Å²) in [6.45, 7) is 5.91. The first-order valence-corrected chi connectivity index (χ1v) is 5.05. The van der Waals surface area contributed by atoms with Crippen LogP contribution in [0, 0.1) is 5.92 Å². The minimum Gasteiger partial charge on any atom is -0.126 e. The molecule has 0 saturated heterocycles. The van der Waals surface area contributed by atoms with E-state index in [2.05, 4.69) is 13.5 Å². The average molecular weight is 175 g/mol. The molecule has 0 aliphatic heterocycles. The minimum absolute atomic E-state index is 0.738. The van der Waals surface area contributed by atoms with Gasteiger partial charge >= 0.3 is 0 Å². The van der Waals surface area contributed by atoms with Gasteiger partial charge in [0.1, 0.15) is 0 Å². The molecule has 0 aromatic heterocycles. The summed E-state index contributed by atoms with van der Waals surface area (Å²) in [5, 5.41) is 0. The highest BCUT2D eigenvalue weighted by molar-refractivity contribution is 6.18. The Bertz CT molecular complexity index is 88.9. The summed E-state index contributed by atoms with van der Waals surface area (Å²) in [7, 11) is 0. The molecule has 0 unspecified atom stereocenters. The van der Waals surface area contributed by atoms with E-state index in [1.165, 1.54) is 25.7 Å². The Morgan fingerprint density at radius 2 is 2.18 bits per heavy atom. The van der Waals surface area contributed by atoms with E-state index in [0.29, 0.717) is 0 Å². The zero-order valence-corrected chi connectivity index (χ0v) is 8.24. The van der Waals surface area contributed by atoms with E-state index >= 15 is 0 Å². The normalized spacial score (nSPS) is 12.9. The van der Waals surface area contributed by atoms with E-state index in [-0.39, 0.29) is 0 Å². The van der Waals surface area contributed by atoms with E-state index in [4.69, 9.17) is 11.6 Å². The summed E-state index contributed by atoms with van der Waals surface area (Å²) in [5.41, 5.74) is 0. The van der Waals surface area contributed by atoms with Gasteiger partial charge in [0.15, 0.2) is 0 Å². The third-order valence-electron chi connectivity index (χ3n) is 1.94. The summed E-state index contributed by atoms with van der Waals surface area (Å²) in [6.07, 6.45) is 8.17. The van der Waals surface area contributed by atoms with Crippen LogP contribution in [0.3, 0.4) is 0 Å². The number of unbranched alkanes of at least 4 members (excludes halogenated alkanes) is 1. The fraction of sp³-hybridized carbons (Fsp3) is 0.800. The third-order valence-corrected chi connectivity index (χ3v) is 2.37. The molecule has 0 N–H and O–H groups in total. The quantitative estimate of drug-likeness (QED) is 0.311. The van der Waals surface area contributed by atoms with Crippen LogP contribution in [0.4, 0.5) is 0 Å². The van der Waals surface area contributed by atoms with Crippen molar-refractivity contribution >= 4 is 11.6 Å². The van der Waals surface area contributed by atoms with E-state index in [1.807, 2.05) is 6.08 Å². The Morgan fingerprint density at radius 1 is 1.45 bits per heavy atom. The minimum atomic E-state index is 0.738. The maximum Gasteiger partial charge on any atom is 0.0251 e. The predicted octanol–water partition coefficient (Wildman–Crippen LogP) is 4.00. The monoisotopic (exact) mass is 174 g/mol. The Hall–Kier alpha value is 0.0300. The molecule has 0 amide bonds. The van der Waals surface area contributed by atoms with Crippen molar-refractivity contribution in [2.24, 2.45) is 5.92 Å². The van der Waals surface area contributed by atoms with Crippen molar-refractivity contribution in [3.8, 4) is 0 Å². The molecule has 0 rings (SSSR count). The van der Waals surface area contributed by atoms with Gasteiger partial charge in [-0.05, 0) is 31.6 Å². The third kappa shape index (κ3) is 6.43. The summed E-state index contributed by atoms with van der Waals surface area (Å²) in [4.78, 5) is 0. The Balaban J connectivity index is 3.27. The number of allylic oxidation sites excluding steroid dienone is 1. The van der Waals surface area contributed by atoms with Crippen molar-refractivity contribution in [1.29, 1.82) is 0 Å². The van der Waals surface area contributed by atoms with Crippen LogP contribution in [0.15, 0.2) is 12.7 Å². The maximum atomic E-state index is 5.80. The zero-order chi connectivity index (χ0) is 8.53. The van der Waals surface area contributed by atoms with E-state index in [1.54, 1.807) is 0 Å². The average Bonchev–Trinajstić information content (AvgIpc) is 2.03. The van der Waals surface area contributed by atoms with Crippen molar-refractivity contribution in [2.75, 3.05) is 5.88 Å². The number of hydrogen-bond donors (Lipinski definition) is 0. The summed E-state index contributed by atoms with van der Waals surface area (Å²) in [5.74, 6) is 1.56. The second-order valence-corrected chi connectivity index (χ2v) is 3.34. The molecule has 0 bridgehead atoms. The van der Waals surface area contributed by atoms with Gasteiger partial charge in [-0.2, -0.15) is 0 Å². The van der Waals surface area contributed by atoms with Gasteiger partial charge < -0.3 is 0 Å². The van der Waals surface area contributed by atoms with Crippen molar-refractivity contribution in [3.05, 3.63) is 12.7 Å². The number of alkyl halides is 1. The second-order valence-electron chi connectivity index (χ2n) is 3.03. The highest BCUT2D eigenvalue weighted by atomic mass is 35.5. The molecule has 0 aliphatic rings. The highest BCUT2D eigenvalue weighted by Gasteiger charge is 2.04. The van der Waals surface area contributed by atoms with Gasteiger partial charge in [-0.25, -0.2) is 0 Å². The second kappa shape index (κ2) is 8.13. The van der Waals surface area contributed by atoms with Crippen LogP contribution in [0.25, 0.3) is 0 Å². The first kappa shape index (κ1) is 11.0. The molecule has 0 aliphatic carbocycles. The van der Waals surface area contributed by atoms with Crippen molar-refractivity contribution < 1.29 is 0 Å². The van der Waals surface area contributed by atoms with Gasteiger partial charge in [-0.3, -0.25) is 0 Å². The van der Waals surface area contributed by atoms with E-state index < -0.39 is 0 Å². The summed E-state index contributed by atoms with van der Waals surface area (Å²) >= 11 is 5.80. The smallest absolute Gasteiger partial charge is 0.0251 e. The van der Waals surface area contributed by atoms with Crippen LogP contribution in [-0.4, -0.2) is 5.88 Å². The first-order valence-electron chi connectivity index (χ1n) is 4.52. The molecule has 0 aromatic carbocycles. The topological polar surface area (TPSA) is 0 Å². The Kier molecular flexibility index (Phi) is 8.15. The fourth-order valence-corrected chi connectivity index (χ4v) is 1.57. The molecule has 1 heteroatoms. The first-order chi connectivity index (χ1) is 5.35. The molecular weight excluding hydrogens is 156 g/mol. The number of rotatable bonds is 7. The van der Waals surface area contributed by atoms with Crippen LogP contribution in [-0.2, 0) is 0 Å². The lowest BCUT2D eigenvalue weighted by atomic mass is 9.99. The molecule has 0 aromatic rings. The lowest BCUT2D eigenvalue weighted by Gasteiger charge is -2.10. The maximum absolute atomic E-state index is 5.80. The molecule has 11 heavy (non-hydrogen) atoms. The predicted molar refractivity (Wildman–Crippen MR) is 53.2 cm³/mol. The van der Waals surface area contributed by atoms with E-state index in [0.717, 1.165) is 18.2 Å². The SMILES string of the molecule is C=CCCC[C@@H](CCl)CCC. The number of halogens is 1.